The highest BCUT2D eigenvalue weighted by Gasteiger charge is 2.31. The first kappa shape index (κ1) is 17.3. The highest BCUT2D eigenvalue weighted by atomic mass is 19.4. The Bertz CT molecular complexity index is 736. The van der Waals surface area contributed by atoms with Crippen LogP contribution in [0, 0.1) is 0 Å². The van der Waals surface area contributed by atoms with Gasteiger partial charge in [-0.05, 0) is 35.9 Å². The number of hydrogen-bond donors (Lipinski definition) is 0. The fourth-order valence-electron chi connectivity index (χ4n) is 2.58. The van der Waals surface area contributed by atoms with Crippen LogP contribution in [0.5, 0.6) is 0 Å². The molecule has 2 aromatic rings. The third-order valence-electron chi connectivity index (χ3n) is 3.92. The van der Waals surface area contributed by atoms with Crippen LogP contribution in [0.15, 0.2) is 53.2 Å². The molecule has 1 aromatic heterocycles. The summed E-state index contributed by atoms with van der Waals surface area (Å²) in [7, 11) is 0. The van der Waals surface area contributed by atoms with Crippen LogP contribution in [0.25, 0.3) is 6.08 Å². The SMILES string of the molecule is O=C(C=Cc1ccco1)N1CCOC(c2ccc(C(F)(F)F)cc2)C1. The molecule has 1 saturated heterocycles. The Kier molecular flexibility index (Phi) is 4.94. The Morgan fingerprint density at radius 1 is 1.20 bits per heavy atom. The van der Waals surface area contributed by atoms with E-state index in [0.717, 1.165) is 12.1 Å². The van der Waals surface area contributed by atoms with Gasteiger partial charge in [-0.15, -0.1) is 0 Å². The van der Waals surface area contributed by atoms with E-state index in [1.54, 1.807) is 23.1 Å². The molecule has 4 nitrogen and oxygen atoms in total. The largest absolute Gasteiger partial charge is 0.465 e. The molecule has 1 atom stereocenters. The number of hydrogen-bond acceptors (Lipinski definition) is 3. The third-order valence-corrected chi connectivity index (χ3v) is 3.92. The van der Waals surface area contributed by atoms with Gasteiger partial charge in [0.1, 0.15) is 11.9 Å². The van der Waals surface area contributed by atoms with Crippen LogP contribution in [0.4, 0.5) is 13.2 Å². The first-order valence-electron chi connectivity index (χ1n) is 7.73. The Morgan fingerprint density at radius 3 is 2.60 bits per heavy atom. The predicted octanol–water partition coefficient (Wildman–Crippen LogP) is 3.91. The highest BCUT2D eigenvalue weighted by molar-refractivity contribution is 5.91. The third kappa shape index (κ3) is 4.30. The van der Waals surface area contributed by atoms with Crippen molar-refractivity contribution in [1.29, 1.82) is 0 Å². The molecule has 1 aliphatic heterocycles. The summed E-state index contributed by atoms with van der Waals surface area (Å²) in [4.78, 5) is 13.9. The Morgan fingerprint density at radius 2 is 1.96 bits per heavy atom. The number of benzene rings is 1. The number of carbonyl (C=O) groups is 1. The van der Waals surface area contributed by atoms with Gasteiger partial charge >= 0.3 is 6.18 Å². The van der Waals surface area contributed by atoms with Gasteiger partial charge in [-0.25, -0.2) is 0 Å². The van der Waals surface area contributed by atoms with Crippen molar-refractivity contribution in [3.05, 3.63) is 65.6 Å². The lowest BCUT2D eigenvalue weighted by Crippen LogP contribution is -2.41. The topological polar surface area (TPSA) is 42.7 Å². The van der Waals surface area contributed by atoms with Gasteiger partial charge in [0.2, 0.25) is 5.91 Å². The monoisotopic (exact) mass is 351 g/mol. The van der Waals surface area contributed by atoms with E-state index in [2.05, 4.69) is 0 Å². The molecular weight excluding hydrogens is 335 g/mol. The lowest BCUT2D eigenvalue weighted by atomic mass is 10.1. The fraction of sp³-hybridized carbons (Fsp3) is 0.278. The van der Waals surface area contributed by atoms with Crippen LogP contribution in [0.1, 0.15) is 23.0 Å². The molecule has 7 heteroatoms. The average Bonchev–Trinajstić information content (AvgIpc) is 3.13. The van der Waals surface area contributed by atoms with Gasteiger partial charge in [-0.1, -0.05) is 12.1 Å². The maximum Gasteiger partial charge on any atom is 0.416 e. The molecule has 1 fully saturated rings. The van der Waals surface area contributed by atoms with Gasteiger partial charge in [0.25, 0.3) is 0 Å². The molecule has 0 bridgehead atoms. The first-order valence-corrected chi connectivity index (χ1v) is 7.73. The lowest BCUT2D eigenvalue weighted by Gasteiger charge is -2.32. The number of furan rings is 1. The maximum absolute atomic E-state index is 12.6. The molecule has 1 aromatic carbocycles. The van der Waals surface area contributed by atoms with Gasteiger partial charge in [-0.3, -0.25) is 4.79 Å². The summed E-state index contributed by atoms with van der Waals surface area (Å²) in [5.74, 6) is 0.373. The molecule has 1 amide bonds. The first-order chi connectivity index (χ1) is 11.9. The number of rotatable bonds is 3. The number of morpholine rings is 1. The van der Waals surface area contributed by atoms with Crippen molar-refractivity contribution >= 4 is 12.0 Å². The summed E-state index contributed by atoms with van der Waals surface area (Å²) in [5.41, 5.74) is -0.0955. The van der Waals surface area contributed by atoms with Gasteiger partial charge in [0.05, 0.1) is 25.0 Å². The molecule has 0 radical (unpaired) electrons. The molecule has 0 aliphatic carbocycles. The van der Waals surface area contributed by atoms with E-state index in [1.807, 2.05) is 0 Å². The molecular formula is C18H16F3NO3. The zero-order chi connectivity index (χ0) is 17.9. The lowest BCUT2D eigenvalue weighted by molar-refractivity contribution is -0.137. The van der Waals surface area contributed by atoms with Crippen molar-refractivity contribution in [2.45, 2.75) is 12.3 Å². The molecule has 3 rings (SSSR count). The van der Waals surface area contributed by atoms with Crippen LogP contribution < -0.4 is 0 Å². The second-order valence-corrected chi connectivity index (χ2v) is 5.61. The standard InChI is InChI=1S/C18H16F3NO3/c19-18(20,21)14-5-3-13(4-6-14)16-12-22(9-11-25-16)17(23)8-7-15-2-1-10-24-15/h1-8,10,16H,9,11-12H2. The summed E-state index contributed by atoms with van der Waals surface area (Å²) in [6.45, 7) is 1.04. The summed E-state index contributed by atoms with van der Waals surface area (Å²) >= 11 is 0. The van der Waals surface area contributed by atoms with E-state index in [0.29, 0.717) is 24.5 Å². The van der Waals surface area contributed by atoms with E-state index in [4.69, 9.17) is 9.15 Å². The average molecular weight is 351 g/mol. The quantitative estimate of drug-likeness (QED) is 0.788. The van der Waals surface area contributed by atoms with E-state index in [9.17, 15) is 18.0 Å². The van der Waals surface area contributed by atoms with Gasteiger partial charge in [0.15, 0.2) is 0 Å². The van der Waals surface area contributed by atoms with Crippen LogP contribution in [-0.4, -0.2) is 30.5 Å². The van der Waals surface area contributed by atoms with E-state index in [1.165, 1.54) is 24.5 Å². The van der Waals surface area contributed by atoms with E-state index < -0.39 is 17.8 Å². The summed E-state index contributed by atoms with van der Waals surface area (Å²) in [6.07, 6.45) is -0.319. The van der Waals surface area contributed by atoms with Crippen LogP contribution >= 0.6 is 0 Å². The molecule has 0 spiro atoms. The van der Waals surface area contributed by atoms with Crippen molar-refractivity contribution in [3.63, 3.8) is 0 Å². The van der Waals surface area contributed by atoms with Crippen LogP contribution in [0.3, 0.4) is 0 Å². The zero-order valence-corrected chi connectivity index (χ0v) is 13.2. The molecule has 25 heavy (non-hydrogen) atoms. The van der Waals surface area contributed by atoms with Crippen LogP contribution in [0.2, 0.25) is 0 Å². The number of halogens is 3. The van der Waals surface area contributed by atoms with Crippen molar-refractivity contribution in [3.8, 4) is 0 Å². The van der Waals surface area contributed by atoms with Crippen molar-refractivity contribution in [2.75, 3.05) is 19.7 Å². The van der Waals surface area contributed by atoms with Gasteiger partial charge in [-0.2, -0.15) is 13.2 Å². The van der Waals surface area contributed by atoms with Crippen molar-refractivity contribution < 1.29 is 27.1 Å². The van der Waals surface area contributed by atoms with Gasteiger partial charge < -0.3 is 14.1 Å². The minimum atomic E-state index is -4.37. The smallest absolute Gasteiger partial charge is 0.416 e. The van der Waals surface area contributed by atoms with Gasteiger partial charge in [0, 0.05) is 12.6 Å². The molecule has 1 unspecified atom stereocenters. The Hall–Kier alpha value is -2.54. The predicted molar refractivity (Wildman–Crippen MR) is 84.5 cm³/mol. The second-order valence-electron chi connectivity index (χ2n) is 5.61. The number of alkyl halides is 3. The summed E-state index contributed by atoms with van der Waals surface area (Å²) < 4.78 is 48.6. The number of ether oxygens (including phenoxy) is 1. The number of carbonyl (C=O) groups excluding carboxylic acids is 1. The van der Waals surface area contributed by atoms with Crippen LogP contribution in [-0.2, 0) is 15.7 Å². The number of nitrogens with zero attached hydrogens (tertiary/aromatic N) is 1. The van der Waals surface area contributed by atoms with Crippen molar-refractivity contribution in [2.24, 2.45) is 0 Å². The molecule has 2 heterocycles. The zero-order valence-electron chi connectivity index (χ0n) is 13.2. The maximum atomic E-state index is 12.6. The minimum absolute atomic E-state index is 0.198. The second kappa shape index (κ2) is 7.14. The molecule has 0 N–H and O–H groups in total. The number of amides is 1. The molecule has 1 aliphatic rings. The van der Waals surface area contributed by atoms with Crippen molar-refractivity contribution in [1.82, 2.24) is 4.90 Å². The van der Waals surface area contributed by atoms with E-state index >= 15 is 0 Å². The summed E-state index contributed by atoms with van der Waals surface area (Å²) in [5, 5.41) is 0. The molecule has 132 valence electrons. The Labute approximate surface area is 142 Å². The molecule has 0 saturated carbocycles. The Balaban J connectivity index is 1.65. The summed E-state index contributed by atoms with van der Waals surface area (Å²) in [6, 6.07) is 8.28. The fourth-order valence-corrected chi connectivity index (χ4v) is 2.58. The normalized spacial score (nSPS) is 18.7. The highest BCUT2D eigenvalue weighted by Crippen LogP contribution is 2.31. The minimum Gasteiger partial charge on any atom is -0.465 e. The van der Waals surface area contributed by atoms with E-state index in [-0.39, 0.29) is 12.5 Å².